The number of pyridine rings is 1. The van der Waals surface area contributed by atoms with Crippen molar-refractivity contribution in [2.24, 2.45) is 11.8 Å². The SMILES string of the molecule is COC[C@@H](c1ccc(C(F)(F)F)cc1)N1CCN(C2C[C@@H]3CN(C(=O)c4c(C)ccnc4C)C[C@@H]3C2)C[C@@H]1C. The van der Waals surface area contributed by atoms with Crippen LogP contribution in [0.2, 0.25) is 0 Å². The molecule has 1 unspecified atom stereocenters. The second kappa shape index (κ2) is 11.2. The summed E-state index contributed by atoms with van der Waals surface area (Å²) in [6.45, 7) is 10.8. The fourth-order valence-electron chi connectivity index (χ4n) is 7.14. The summed E-state index contributed by atoms with van der Waals surface area (Å²) in [6, 6.07) is 8.09. The predicted octanol–water partition coefficient (Wildman–Crippen LogP) is 4.96. The molecule has 6 nitrogen and oxygen atoms in total. The van der Waals surface area contributed by atoms with Gasteiger partial charge in [-0.05, 0) is 74.8 Å². The average molecular weight is 545 g/mol. The molecular weight excluding hydrogens is 505 g/mol. The van der Waals surface area contributed by atoms with Crippen LogP contribution in [0.25, 0.3) is 0 Å². The van der Waals surface area contributed by atoms with E-state index in [2.05, 4.69) is 21.7 Å². The van der Waals surface area contributed by atoms with E-state index in [9.17, 15) is 18.0 Å². The summed E-state index contributed by atoms with van der Waals surface area (Å²) in [7, 11) is 1.64. The number of carbonyl (C=O) groups is 1. The molecular formula is C30H39F3N4O2. The lowest BCUT2D eigenvalue weighted by molar-refractivity contribution is -0.137. The van der Waals surface area contributed by atoms with Crippen molar-refractivity contribution >= 4 is 5.91 Å². The maximum atomic E-state index is 13.3. The lowest BCUT2D eigenvalue weighted by Crippen LogP contribution is -2.56. The van der Waals surface area contributed by atoms with Crippen LogP contribution in [0.5, 0.6) is 0 Å². The lowest BCUT2D eigenvalue weighted by atomic mass is 9.99. The first-order chi connectivity index (χ1) is 18.6. The quantitative estimate of drug-likeness (QED) is 0.515. The van der Waals surface area contributed by atoms with Crippen LogP contribution in [0, 0.1) is 25.7 Å². The Labute approximate surface area is 229 Å². The first kappa shape index (κ1) is 28.1. The van der Waals surface area contributed by atoms with Crippen LogP contribution in [-0.2, 0) is 10.9 Å². The zero-order chi connectivity index (χ0) is 27.9. The van der Waals surface area contributed by atoms with Crippen LogP contribution in [0.1, 0.15) is 58.5 Å². The number of halogens is 3. The number of fused-ring (bicyclic) bond motifs is 1. The number of methoxy groups -OCH3 is 1. The summed E-state index contributed by atoms with van der Waals surface area (Å²) in [5, 5.41) is 0. The lowest BCUT2D eigenvalue weighted by Gasteiger charge is -2.46. The maximum Gasteiger partial charge on any atom is 0.416 e. The first-order valence-electron chi connectivity index (χ1n) is 13.9. The molecule has 212 valence electrons. The maximum absolute atomic E-state index is 13.3. The van der Waals surface area contributed by atoms with Gasteiger partial charge in [0.25, 0.3) is 5.91 Å². The first-order valence-corrected chi connectivity index (χ1v) is 13.9. The van der Waals surface area contributed by atoms with Gasteiger partial charge < -0.3 is 9.64 Å². The molecule has 3 heterocycles. The minimum Gasteiger partial charge on any atom is -0.383 e. The Hall–Kier alpha value is -2.49. The van der Waals surface area contributed by atoms with Crippen LogP contribution in [0.15, 0.2) is 36.5 Å². The number of piperazine rings is 1. The minimum absolute atomic E-state index is 0.0867. The highest BCUT2D eigenvalue weighted by Crippen LogP contribution is 2.42. The van der Waals surface area contributed by atoms with E-state index in [1.54, 1.807) is 25.4 Å². The number of ether oxygens (including phenoxy) is 1. The van der Waals surface area contributed by atoms with Crippen molar-refractivity contribution in [3.8, 4) is 0 Å². The molecule has 3 fully saturated rings. The molecule has 1 aromatic carbocycles. The largest absolute Gasteiger partial charge is 0.416 e. The number of nitrogens with zero attached hydrogens (tertiary/aromatic N) is 4. The molecule has 1 aliphatic carbocycles. The van der Waals surface area contributed by atoms with Crippen molar-refractivity contribution in [1.82, 2.24) is 19.7 Å². The number of aromatic nitrogens is 1. The Balaban J connectivity index is 1.19. The molecule has 1 saturated carbocycles. The van der Waals surface area contributed by atoms with Gasteiger partial charge in [-0.2, -0.15) is 13.2 Å². The Bertz CT molecular complexity index is 1140. The van der Waals surface area contributed by atoms with Gasteiger partial charge in [0.2, 0.25) is 0 Å². The van der Waals surface area contributed by atoms with Crippen LogP contribution in [-0.4, -0.2) is 84.1 Å². The molecule has 1 amide bonds. The molecule has 0 radical (unpaired) electrons. The van der Waals surface area contributed by atoms with E-state index in [-0.39, 0.29) is 18.0 Å². The van der Waals surface area contributed by atoms with Crippen LogP contribution >= 0.6 is 0 Å². The van der Waals surface area contributed by atoms with E-state index in [0.717, 1.165) is 67.9 Å². The van der Waals surface area contributed by atoms with Crippen molar-refractivity contribution < 1.29 is 22.7 Å². The van der Waals surface area contributed by atoms with Gasteiger partial charge in [-0.15, -0.1) is 0 Å². The molecule has 0 spiro atoms. The number of hydrogen-bond donors (Lipinski definition) is 0. The molecule has 9 heteroatoms. The van der Waals surface area contributed by atoms with Gasteiger partial charge in [0.15, 0.2) is 0 Å². The Morgan fingerprint density at radius 2 is 1.72 bits per heavy atom. The normalized spacial score (nSPS) is 27.1. The van der Waals surface area contributed by atoms with Gasteiger partial charge in [0.05, 0.1) is 29.5 Å². The summed E-state index contributed by atoms with van der Waals surface area (Å²) >= 11 is 0. The molecule has 2 aromatic rings. The van der Waals surface area contributed by atoms with Crippen molar-refractivity contribution in [3.63, 3.8) is 0 Å². The number of aryl methyl sites for hydroxylation is 2. The third kappa shape index (κ3) is 5.72. The molecule has 5 atom stereocenters. The monoisotopic (exact) mass is 544 g/mol. The number of amides is 1. The summed E-state index contributed by atoms with van der Waals surface area (Å²) in [6.07, 6.45) is -0.375. The highest BCUT2D eigenvalue weighted by atomic mass is 19.4. The molecule has 0 N–H and O–H groups in total. The van der Waals surface area contributed by atoms with E-state index < -0.39 is 11.7 Å². The van der Waals surface area contributed by atoms with Crippen molar-refractivity contribution in [2.45, 2.75) is 57.9 Å². The Kier molecular flexibility index (Phi) is 8.04. The fraction of sp³-hybridized carbons (Fsp3) is 0.600. The Morgan fingerprint density at radius 3 is 2.28 bits per heavy atom. The van der Waals surface area contributed by atoms with E-state index in [4.69, 9.17) is 4.74 Å². The summed E-state index contributed by atoms with van der Waals surface area (Å²) < 4.78 is 44.7. The number of carbonyl (C=O) groups excluding carboxylic acids is 1. The molecule has 0 bridgehead atoms. The molecule has 3 aliphatic rings. The zero-order valence-corrected chi connectivity index (χ0v) is 23.2. The summed E-state index contributed by atoms with van der Waals surface area (Å²) in [5.41, 5.74) is 2.75. The van der Waals surface area contributed by atoms with E-state index in [1.165, 1.54) is 12.1 Å². The highest BCUT2D eigenvalue weighted by Gasteiger charge is 2.45. The second-order valence-electron chi connectivity index (χ2n) is 11.6. The Morgan fingerprint density at radius 1 is 1.05 bits per heavy atom. The zero-order valence-electron chi connectivity index (χ0n) is 23.2. The summed E-state index contributed by atoms with van der Waals surface area (Å²) in [4.78, 5) is 24.6. The average Bonchev–Trinajstić information content (AvgIpc) is 3.47. The van der Waals surface area contributed by atoms with Crippen LogP contribution < -0.4 is 0 Å². The van der Waals surface area contributed by atoms with Gasteiger partial charge in [-0.3, -0.25) is 19.6 Å². The number of likely N-dealkylation sites (tertiary alicyclic amines) is 1. The fourth-order valence-corrected chi connectivity index (χ4v) is 7.14. The number of rotatable bonds is 6. The topological polar surface area (TPSA) is 48.9 Å². The number of hydrogen-bond acceptors (Lipinski definition) is 5. The van der Waals surface area contributed by atoms with E-state index >= 15 is 0 Å². The van der Waals surface area contributed by atoms with Gasteiger partial charge >= 0.3 is 6.18 Å². The van der Waals surface area contributed by atoms with E-state index in [0.29, 0.717) is 24.5 Å². The molecule has 2 saturated heterocycles. The molecule has 39 heavy (non-hydrogen) atoms. The van der Waals surface area contributed by atoms with Gasteiger partial charge in [0, 0.05) is 58.1 Å². The van der Waals surface area contributed by atoms with Crippen LogP contribution in [0.3, 0.4) is 0 Å². The van der Waals surface area contributed by atoms with Crippen molar-refractivity contribution in [1.29, 1.82) is 0 Å². The van der Waals surface area contributed by atoms with Gasteiger partial charge in [0.1, 0.15) is 0 Å². The van der Waals surface area contributed by atoms with Gasteiger partial charge in [-0.25, -0.2) is 0 Å². The highest BCUT2D eigenvalue weighted by molar-refractivity contribution is 5.96. The third-order valence-electron chi connectivity index (χ3n) is 9.15. The molecule has 5 rings (SSSR count). The smallest absolute Gasteiger partial charge is 0.383 e. The standard InChI is InChI=1S/C30H39F3N4O2/c1-19-9-10-34-21(3)28(19)29(38)36-16-23-13-26(14-24(23)17-36)35-11-12-37(20(2)15-35)27(18-39-4)22-5-7-25(8-6-22)30(31,32)33/h5-10,20,23-24,26-27H,11-18H2,1-4H3/t20-,23-,24+,26?,27-/m0/s1. The van der Waals surface area contributed by atoms with Crippen molar-refractivity contribution in [2.75, 3.05) is 46.4 Å². The number of alkyl halides is 3. The molecule has 1 aromatic heterocycles. The second-order valence-corrected chi connectivity index (χ2v) is 11.6. The van der Waals surface area contributed by atoms with Gasteiger partial charge in [-0.1, -0.05) is 12.1 Å². The molecule has 2 aliphatic heterocycles. The number of benzene rings is 1. The van der Waals surface area contributed by atoms with Crippen LogP contribution in [0.4, 0.5) is 13.2 Å². The minimum atomic E-state index is -4.34. The predicted molar refractivity (Wildman–Crippen MR) is 143 cm³/mol. The summed E-state index contributed by atoms with van der Waals surface area (Å²) in [5.74, 6) is 1.16. The van der Waals surface area contributed by atoms with E-state index in [1.807, 2.05) is 24.8 Å². The third-order valence-corrected chi connectivity index (χ3v) is 9.15. The van der Waals surface area contributed by atoms with Crippen molar-refractivity contribution in [3.05, 3.63) is 64.5 Å².